The van der Waals surface area contributed by atoms with Crippen LogP contribution in [0.25, 0.3) is 0 Å². The summed E-state index contributed by atoms with van der Waals surface area (Å²) < 4.78 is 24.8. The third-order valence-electron chi connectivity index (χ3n) is 5.11. The minimum atomic E-state index is -0.236. The van der Waals surface area contributed by atoms with E-state index in [4.69, 9.17) is 9.47 Å². The van der Waals surface area contributed by atoms with Crippen molar-refractivity contribution in [3.8, 4) is 11.5 Å². The molecule has 1 amide bonds. The average molecular weight is 372 g/mol. The quantitative estimate of drug-likeness (QED) is 0.824. The van der Waals surface area contributed by atoms with Gasteiger partial charge in [0.2, 0.25) is 0 Å². The Kier molecular flexibility index (Phi) is 5.54. The number of nitrogens with zero attached hydrogens (tertiary/aromatic N) is 2. The number of anilines is 1. The van der Waals surface area contributed by atoms with Gasteiger partial charge in [0.1, 0.15) is 5.82 Å². The van der Waals surface area contributed by atoms with Gasteiger partial charge in [-0.15, -0.1) is 0 Å². The van der Waals surface area contributed by atoms with Crippen LogP contribution < -0.4 is 14.4 Å². The lowest BCUT2D eigenvalue weighted by atomic mass is 10.0. The Labute approximate surface area is 159 Å². The van der Waals surface area contributed by atoms with Crippen LogP contribution in [0.3, 0.4) is 0 Å². The minimum Gasteiger partial charge on any atom is -0.493 e. The summed E-state index contributed by atoms with van der Waals surface area (Å²) in [5.74, 6) is 0.888. The highest BCUT2D eigenvalue weighted by Crippen LogP contribution is 2.34. The highest BCUT2D eigenvalue weighted by atomic mass is 19.1. The fourth-order valence-corrected chi connectivity index (χ4v) is 3.65. The van der Waals surface area contributed by atoms with Crippen LogP contribution >= 0.6 is 0 Å². The largest absolute Gasteiger partial charge is 0.493 e. The smallest absolute Gasteiger partial charge is 0.254 e. The van der Waals surface area contributed by atoms with Gasteiger partial charge in [-0.2, -0.15) is 0 Å². The van der Waals surface area contributed by atoms with Gasteiger partial charge >= 0.3 is 0 Å². The van der Waals surface area contributed by atoms with E-state index >= 15 is 0 Å². The van der Waals surface area contributed by atoms with Gasteiger partial charge in [-0.25, -0.2) is 4.39 Å². The van der Waals surface area contributed by atoms with Crippen molar-refractivity contribution in [2.45, 2.75) is 19.9 Å². The summed E-state index contributed by atoms with van der Waals surface area (Å²) in [6.07, 6.45) is 0. The monoisotopic (exact) mass is 372 g/mol. The van der Waals surface area contributed by atoms with Crippen molar-refractivity contribution >= 4 is 11.6 Å². The van der Waals surface area contributed by atoms with Crippen LogP contribution in [0.5, 0.6) is 11.5 Å². The molecule has 1 unspecified atom stereocenters. The molecular weight excluding hydrogens is 347 g/mol. The maximum atomic E-state index is 14.1. The summed E-state index contributed by atoms with van der Waals surface area (Å²) in [4.78, 5) is 17.0. The van der Waals surface area contributed by atoms with Crippen molar-refractivity contribution in [3.63, 3.8) is 0 Å². The van der Waals surface area contributed by atoms with Crippen LogP contribution in [0.2, 0.25) is 0 Å². The topological polar surface area (TPSA) is 42.0 Å². The number of rotatable bonds is 4. The molecule has 0 bridgehead atoms. The maximum absolute atomic E-state index is 14.1. The number of carbonyl (C=O) groups is 1. The van der Waals surface area contributed by atoms with Gasteiger partial charge < -0.3 is 19.3 Å². The van der Waals surface area contributed by atoms with Crippen LogP contribution in [0, 0.1) is 12.7 Å². The molecule has 2 aromatic carbocycles. The van der Waals surface area contributed by atoms with E-state index < -0.39 is 0 Å². The Morgan fingerprint density at radius 3 is 2.48 bits per heavy atom. The number of piperazine rings is 1. The zero-order chi connectivity index (χ0) is 19.6. The second kappa shape index (κ2) is 7.86. The van der Waals surface area contributed by atoms with E-state index in [0.717, 1.165) is 5.56 Å². The van der Waals surface area contributed by atoms with Crippen molar-refractivity contribution in [1.82, 2.24) is 4.90 Å². The van der Waals surface area contributed by atoms with Gasteiger partial charge in [-0.05, 0) is 38.1 Å². The number of benzene rings is 2. The predicted octanol–water partition coefficient (Wildman–Crippen LogP) is 3.50. The Morgan fingerprint density at radius 2 is 1.85 bits per heavy atom. The third-order valence-corrected chi connectivity index (χ3v) is 5.11. The van der Waals surface area contributed by atoms with Crippen molar-refractivity contribution in [2.75, 3.05) is 38.8 Å². The lowest BCUT2D eigenvalue weighted by Gasteiger charge is -2.41. The number of hydrogen-bond donors (Lipinski definition) is 0. The molecule has 0 aromatic heterocycles. The number of carbonyl (C=O) groups excluding carboxylic acids is 1. The number of amides is 1. The fraction of sp³-hybridized carbons (Fsp3) is 0.381. The molecule has 0 aliphatic carbocycles. The number of ether oxygens (including phenoxy) is 2. The first-order valence-electron chi connectivity index (χ1n) is 9.00. The number of hydrogen-bond acceptors (Lipinski definition) is 4. The Morgan fingerprint density at radius 1 is 1.11 bits per heavy atom. The average Bonchev–Trinajstić information content (AvgIpc) is 2.67. The van der Waals surface area contributed by atoms with E-state index in [0.29, 0.717) is 42.4 Å². The first-order valence-corrected chi connectivity index (χ1v) is 9.00. The first-order chi connectivity index (χ1) is 13.0. The highest BCUT2D eigenvalue weighted by Gasteiger charge is 2.30. The van der Waals surface area contributed by atoms with Gasteiger partial charge in [-0.1, -0.05) is 12.1 Å². The molecule has 5 nitrogen and oxygen atoms in total. The van der Waals surface area contributed by atoms with E-state index in [1.165, 1.54) is 6.07 Å². The van der Waals surface area contributed by atoms with E-state index in [1.807, 2.05) is 29.7 Å². The molecule has 2 aromatic rings. The molecule has 3 rings (SSSR count). The zero-order valence-corrected chi connectivity index (χ0v) is 16.2. The molecule has 6 heteroatoms. The molecular formula is C21H25FN2O3. The van der Waals surface area contributed by atoms with Crippen LogP contribution in [0.15, 0.2) is 36.4 Å². The molecule has 1 atom stereocenters. The summed E-state index contributed by atoms with van der Waals surface area (Å²) in [5, 5.41) is 0. The lowest BCUT2D eigenvalue weighted by molar-refractivity contribution is 0.0672. The molecule has 1 fully saturated rings. The molecule has 0 spiro atoms. The molecule has 1 aliphatic rings. The molecule has 1 aliphatic heterocycles. The predicted molar refractivity (Wildman–Crippen MR) is 103 cm³/mol. The first kappa shape index (κ1) is 19.0. The number of para-hydroxylation sites is 1. The molecule has 0 saturated carbocycles. The number of methoxy groups -OCH3 is 2. The normalized spacial score (nSPS) is 17.0. The summed E-state index contributed by atoms with van der Waals surface area (Å²) in [6, 6.07) is 10.2. The van der Waals surface area contributed by atoms with Gasteiger partial charge in [0.05, 0.1) is 19.9 Å². The summed E-state index contributed by atoms with van der Waals surface area (Å²) >= 11 is 0. The highest BCUT2D eigenvalue weighted by molar-refractivity contribution is 5.97. The summed E-state index contributed by atoms with van der Waals surface area (Å²) in [5.41, 5.74) is 1.93. The van der Waals surface area contributed by atoms with Crippen LogP contribution in [-0.2, 0) is 0 Å². The SMILES string of the molecule is COc1ccc(C(=O)N2CCN(c3ccccc3F)CC2C)c(C)c1OC. The van der Waals surface area contributed by atoms with Gasteiger partial charge in [0.25, 0.3) is 5.91 Å². The van der Waals surface area contributed by atoms with E-state index in [9.17, 15) is 9.18 Å². The summed E-state index contributed by atoms with van der Waals surface area (Å²) in [7, 11) is 3.14. The van der Waals surface area contributed by atoms with E-state index in [2.05, 4.69) is 0 Å². The van der Waals surface area contributed by atoms with Crippen LogP contribution in [0.1, 0.15) is 22.8 Å². The molecule has 1 saturated heterocycles. The molecule has 0 radical (unpaired) electrons. The van der Waals surface area contributed by atoms with Gasteiger partial charge in [0, 0.05) is 36.8 Å². The number of halogens is 1. The zero-order valence-electron chi connectivity index (χ0n) is 16.2. The third kappa shape index (κ3) is 3.56. The lowest BCUT2D eigenvalue weighted by Crippen LogP contribution is -2.54. The van der Waals surface area contributed by atoms with Crippen molar-refractivity contribution < 1.29 is 18.7 Å². The minimum absolute atomic E-state index is 0.0432. The second-order valence-corrected chi connectivity index (χ2v) is 6.72. The van der Waals surface area contributed by atoms with Crippen molar-refractivity contribution in [1.29, 1.82) is 0 Å². The van der Waals surface area contributed by atoms with Crippen molar-refractivity contribution in [3.05, 3.63) is 53.3 Å². The summed E-state index contributed by atoms with van der Waals surface area (Å²) in [6.45, 7) is 5.54. The Hall–Kier alpha value is -2.76. The van der Waals surface area contributed by atoms with E-state index in [1.54, 1.807) is 38.5 Å². The van der Waals surface area contributed by atoms with E-state index in [-0.39, 0.29) is 17.8 Å². The van der Waals surface area contributed by atoms with Crippen molar-refractivity contribution in [2.24, 2.45) is 0 Å². The van der Waals surface area contributed by atoms with Gasteiger partial charge in [-0.3, -0.25) is 4.79 Å². The van der Waals surface area contributed by atoms with Crippen LogP contribution in [-0.4, -0.2) is 50.7 Å². The standard InChI is InChI=1S/C21H25FN2O3/c1-14-13-23(18-8-6-5-7-17(18)22)11-12-24(14)21(25)16-9-10-19(26-3)20(27-4)15(16)2/h5-10,14H,11-13H2,1-4H3. The fourth-order valence-electron chi connectivity index (χ4n) is 3.65. The Balaban J connectivity index is 1.80. The second-order valence-electron chi connectivity index (χ2n) is 6.72. The molecule has 144 valence electrons. The maximum Gasteiger partial charge on any atom is 0.254 e. The molecule has 1 heterocycles. The van der Waals surface area contributed by atoms with Crippen LogP contribution in [0.4, 0.5) is 10.1 Å². The molecule has 27 heavy (non-hydrogen) atoms. The Bertz CT molecular complexity index is 840. The van der Waals surface area contributed by atoms with Gasteiger partial charge in [0.15, 0.2) is 11.5 Å². The molecule has 0 N–H and O–H groups in total.